The van der Waals surface area contributed by atoms with Crippen molar-refractivity contribution in [3.05, 3.63) is 58.7 Å². The molecular weight excluding hydrogens is 328 g/mol. The van der Waals surface area contributed by atoms with Crippen LogP contribution >= 0.6 is 0 Å². The molecule has 0 fully saturated rings. The molecule has 0 aliphatic heterocycles. The first-order chi connectivity index (χ1) is 11.8. The highest BCUT2D eigenvalue weighted by Crippen LogP contribution is 2.29. The molecule has 0 aliphatic rings. The zero-order valence-corrected chi connectivity index (χ0v) is 14.4. The second-order valence-electron chi connectivity index (χ2n) is 5.81. The van der Waals surface area contributed by atoms with Gasteiger partial charge in [-0.2, -0.15) is 5.06 Å². The Hall–Kier alpha value is -2.47. The molecule has 0 radical (unpaired) electrons. The Kier molecular flexibility index (Phi) is 6.09. The quantitative estimate of drug-likeness (QED) is 0.593. The van der Waals surface area contributed by atoms with Crippen LogP contribution in [0.3, 0.4) is 0 Å². The Bertz CT molecular complexity index is 762. The molecule has 0 spiro atoms. The van der Waals surface area contributed by atoms with Crippen molar-refractivity contribution in [1.29, 1.82) is 0 Å². The lowest BCUT2D eigenvalue weighted by atomic mass is 10.1. The van der Waals surface area contributed by atoms with Gasteiger partial charge in [0.15, 0.2) is 0 Å². The van der Waals surface area contributed by atoms with Gasteiger partial charge in [0.05, 0.1) is 5.69 Å². The zero-order valence-electron chi connectivity index (χ0n) is 14.4. The van der Waals surface area contributed by atoms with Crippen LogP contribution in [0, 0.1) is 13.8 Å². The van der Waals surface area contributed by atoms with Crippen LogP contribution in [-0.2, 0) is 11.4 Å². The van der Waals surface area contributed by atoms with Gasteiger partial charge in [-0.05, 0) is 37.6 Å². The molecule has 0 saturated heterocycles. The summed E-state index contributed by atoms with van der Waals surface area (Å²) in [7, 11) is 0. The van der Waals surface area contributed by atoms with Gasteiger partial charge in [-0.1, -0.05) is 30.7 Å². The number of hydroxylamine groups is 1. The van der Waals surface area contributed by atoms with Crippen molar-refractivity contribution in [3.63, 3.8) is 0 Å². The maximum Gasteiger partial charge on any atom is 0.263 e. The minimum Gasteiger partial charge on any atom is -0.489 e. The first-order valence-corrected chi connectivity index (χ1v) is 7.96. The lowest BCUT2D eigenvalue weighted by Gasteiger charge is -2.19. The smallest absolute Gasteiger partial charge is 0.263 e. The van der Waals surface area contributed by atoms with Crippen LogP contribution in [0.25, 0.3) is 0 Å². The molecule has 0 bridgehead atoms. The number of carbonyl (C=O) groups excluding carboxylic acids is 1. The minimum atomic E-state index is -2.65. The largest absolute Gasteiger partial charge is 0.489 e. The first-order valence-electron chi connectivity index (χ1n) is 7.96. The van der Waals surface area contributed by atoms with Crippen LogP contribution in [0.2, 0.25) is 0 Å². The van der Waals surface area contributed by atoms with Gasteiger partial charge in [0.2, 0.25) is 5.91 Å². The molecule has 0 saturated carbocycles. The Morgan fingerprint density at radius 2 is 1.92 bits per heavy atom. The van der Waals surface area contributed by atoms with Crippen LogP contribution in [0.4, 0.5) is 14.5 Å². The summed E-state index contributed by atoms with van der Waals surface area (Å²) in [5.41, 5.74) is 2.25. The van der Waals surface area contributed by atoms with E-state index in [1.807, 2.05) is 26.0 Å². The summed E-state index contributed by atoms with van der Waals surface area (Å²) in [5.74, 6) is 0.0860. The van der Waals surface area contributed by atoms with E-state index in [0.29, 0.717) is 16.4 Å². The van der Waals surface area contributed by atoms with E-state index < -0.39 is 12.3 Å². The van der Waals surface area contributed by atoms with Crippen molar-refractivity contribution < 1.29 is 23.5 Å². The number of hydrogen-bond acceptors (Lipinski definition) is 3. The van der Waals surface area contributed by atoms with E-state index in [0.717, 1.165) is 11.1 Å². The fraction of sp³-hybridized carbons (Fsp3) is 0.316. The van der Waals surface area contributed by atoms with E-state index in [4.69, 9.17) is 4.74 Å². The number of nitrogens with zero attached hydrogens (tertiary/aromatic N) is 1. The lowest BCUT2D eigenvalue weighted by Crippen LogP contribution is -2.27. The number of alkyl halides is 2. The standard InChI is InChI=1S/C19H21F2NO3/c1-4-18(23)22(24)16-7-6-14(19(20)21)10-15(16)11-25-17-8-5-12(2)9-13(17)3/h5-10,19,24H,4,11H2,1-3H3. The molecule has 0 heterocycles. The molecule has 0 atom stereocenters. The minimum absolute atomic E-state index is 0.0478. The third kappa shape index (κ3) is 4.54. The Balaban J connectivity index is 2.32. The number of rotatable bonds is 6. The van der Waals surface area contributed by atoms with Gasteiger partial charge in [-0.3, -0.25) is 10.0 Å². The van der Waals surface area contributed by atoms with Crippen molar-refractivity contribution >= 4 is 11.6 Å². The van der Waals surface area contributed by atoms with Gasteiger partial charge in [-0.25, -0.2) is 8.78 Å². The number of amides is 1. The van der Waals surface area contributed by atoms with Crippen molar-refractivity contribution in [2.75, 3.05) is 5.06 Å². The normalized spacial score (nSPS) is 10.8. The number of carbonyl (C=O) groups is 1. The molecule has 4 nitrogen and oxygen atoms in total. The monoisotopic (exact) mass is 349 g/mol. The SMILES string of the molecule is CCC(=O)N(O)c1ccc(C(F)F)cc1COc1ccc(C)cc1C. The average Bonchev–Trinajstić information content (AvgIpc) is 2.59. The molecule has 2 rings (SSSR count). The maximum absolute atomic E-state index is 13.0. The van der Waals surface area contributed by atoms with Gasteiger partial charge in [-0.15, -0.1) is 0 Å². The fourth-order valence-corrected chi connectivity index (χ4v) is 2.46. The number of ether oxygens (including phenoxy) is 1. The zero-order chi connectivity index (χ0) is 18.6. The van der Waals surface area contributed by atoms with E-state index >= 15 is 0 Å². The van der Waals surface area contributed by atoms with Gasteiger partial charge in [0.25, 0.3) is 6.43 Å². The van der Waals surface area contributed by atoms with Crippen molar-refractivity contribution in [2.24, 2.45) is 0 Å². The highest BCUT2D eigenvalue weighted by Gasteiger charge is 2.18. The van der Waals surface area contributed by atoms with Crippen LogP contribution in [0.5, 0.6) is 5.75 Å². The second kappa shape index (κ2) is 8.07. The van der Waals surface area contributed by atoms with E-state index in [2.05, 4.69) is 0 Å². The highest BCUT2D eigenvalue weighted by molar-refractivity contribution is 5.91. The van der Waals surface area contributed by atoms with Crippen molar-refractivity contribution in [3.8, 4) is 5.75 Å². The number of halogens is 2. The van der Waals surface area contributed by atoms with Crippen molar-refractivity contribution in [2.45, 2.75) is 40.2 Å². The predicted octanol–water partition coefficient (Wildman–Crippen LogP) is 4.95. The molecule has 134 valence electrons. The predicted molar refractivity (Wildman–Crippen MR) is 91.2 cm³/mol. The second-order valence-corrected chi connectivity index (χ2v) is 5.81. The number of anilines is 1. The highest BCUT2D eigenvalue weighted by atomic mass is 19.3. The van der Waals surface area contributed by atoms with E-state index in [9.17, 15) is 18.8 Å². The first kappa shape index (κ1) is 18.9. The summed E-state index contributed by atoms with van der Waals surface area (Å²) in [5, 5.41) is 10.5. The number of hydrogen-bond donors (Lipinski definition) is 1. The van der Waals surface area contributed by atoms with E-state index in [1.54, 1.807) is 13.0 Å². The Labute approximate surface area is 145 Å². The van der Waals surface area contributed by atoms with Gasteiger partial charge in [0.1, 0.15) is 12.4 Å². The summed E-state index contributed by atoms with van der Waals surface area (Å²) >= 11 is 0. The Morgan fingerprint density at radius 3 is 2.52 bits per heavy atom. The van der Waals surface area contributed by atoms with Crippen LogP contribution in [0.15, 0.2) is 36.4 Å². The molecule has 1 amide bonds. The number of benzene rings is 2. The van der Waals surface area contributed by atoms with Crippen LogP contribution in [0.1, 0.15) is 42.0 Å². The molecule has 0 unspecified atom stereocenters. The van der Waals surface area contributed by atoms with Crippen LogP contribution < -0.4 is 9.80 Å². The summed E-state index contributed by atoms with van der Waals surface area (Å²) in [6, 6.07) is 9.37. The molecule has 6 heteroatoms. The maximum atomic E-state index is 13.0. The Morgan fingerprint density at radius 1 is 1.20 bits per heavy atom. The lowest BCUT2D eigenvalue weighted by molar-refractivity contribution is -0.123. The summed E-state index contributed by atoms with van der Waals surface area (Å²) in [4.78, 5) is 11.7. The summed E-state index contributed by atoms with van der Waals surface area (Å²) in [6.45, 7) is 5.40. The average molecular weight is 349 g/mol. The molecule has 1 N–H and O–H groups in total. The molecule has 2 aromatic carbocycles. The molecule has 2 aromatic rings. The van der Waals surface area contributed by atoms with Gasteiger partial charge < -0.3 is 4.74 Å². The molecule has 0 aromatic heterocycles. The molecule has 0 aliphatic carbocycles. The van der Waals surface area contributed by atoms with Crippen molar-refractivity contribution in [1.82, 2.24) is 0 Å². The van der Waals surface area contributed by atoms with E-state index in [-0.39, 0.29) is 24.3 Å². The van der Waals surface area contributed by atoms with Crippen LogP contribution in [-0.4, -0.2) is 11.1 Å². The summed E-state index contributed by atoms with van der Waals surface area (Å²) < 4.78 is 31.7. The topological polar surface area (TPSA) is 49.8 Å². The third-order valence-corrected chi connectivity index (χ3v) is 3.84. The third-order valence-electron chi connectivity index (χ3n) is 3.84. The van der Waals surface area contributed by atoms with Gasteiger partial charge in [0, 0.05) is 17.5 Å². The fourth-order valence-electron chi connectivity index (χ4n) is 2.46. The molecular formula is C19H21F2NO3. The van der Waals surface area contributed by atoms with Gasteiger partial charge >= 0.3 is 0 Å². The molecule has 25 heavy (non-hydrogen) atoms. The van der Waals surface area contributed by atoms with E-state index in [1.165, 1.54) is 18.2 Å². The summed E-state index contributed by atoms with van der Waals surface area (Å²) in [6.07, 6.45) is -2.56. The number of aryl methyl sites for hydroxylation is 2.